The first kappa shape index (κ1) is 18.3. The van der Waals surface area contributed by atoms with Crippen molar-refractivity contribution in [3.63, 3.8) is 0 Å². The summed E-state index contributed by atoms with van der Waals surface area (Å²) in [7, 11) is 2.06. The van der Waals surface area contributed by atoms with Gasteiger partial charge >= 0.3 is 11.4 Å². The summed E-state index contributed by atoms with van der Waals surface area (Å²) >= 11 is 6.45. The molecule has 3 aromatic rings. The van der Waals surface area contributed by atoms with Crippen molar-refractivity contribution in [1.82, 2.24) is 4.90 Å². The molecule has 0 saturated carbocycles. The lowest BCUT2D eigenvalue weighted by molar-refractivity contribution is -0.622. The normalized spacial score (nSPS) is 15.0. The van der Waals surface area contributed by atoms with Gasteiger partial charge in [-0.15, -0.1) is 4.73 Å². The van der Waals surface area contributed by atoms with Crippen LogP contribution in [0.1, 0.15) is 5.69 Å². The maximum atomic E-state index is 13.2. The van der Waals surface area contributed by atoms with Gasteiger partial charge in [-0.1, -0.05) is 29.8 Å². The average Bonchev–Trinajstić information content (AvgIpc) is 2.71. The number of nitrogens with zero attached hydrogens (tertiary/aromatic N) is 5. The van der Waals surface area contributed by atoms with E-state index in [1.807, 2.05) is 12.1 Å². The number of hydrogen-bond donors (Lipinski definition) is 0. The van der Waals surface area contributed by atoms with Crippen molar-refractivity contribution in [3.05, 3.63) is 63.6 Å². The van der Waals surface area contributed by atoms with Gasteiger partial charge in [0.25, 0.3) is 11.0 Å². The van der Waals surface area contributed by atoms with Crippen molar-refractivity contribution in [2.75, 3.05) is 38.1 Å². The molecule has 2 heterocycles. The van der Waals surface area contributed by atoms with Gasteiger partial charge in [0.05, 0.1) is 16.3 Å². The molecule has 1 aliphatic heterocycles. The highest BCUT2D eigenvalue weighted by Gasteiger charge is 2.31. The van der Waals surface area contributed by atoms with Crippen molar-refractivity contribution < 1.29 is 9.46 Å². The van der Waals surface area contributed by atoms with Crippen molar-refractivity contribution in [1.29, 1.82) is 5.26 Å². The van der Waals surface area contributed by atoms with Gasteiger partial charge in [0.2, 0.25) is 0 Å². The fourth-order valence-corrected chi connectivity index (χ4v) is 3.81. The summed E-state index contributed by atoms with van der Waals surface area (Å²) in [4.78, 5) is 4.33. The maximum absolute atomic E-state index is 13.2. The van der Waals surface area contributed by atoms with Crippen LogP contribution >= 0.6 is 11.6 Å². The number of likely N-dealkylation sites (N-methyl/N-ethyl adjacent to an activating group) is 1. The number of fused-ring (bicyclic) bond motifs is 1. The van der Waals surface area contributed by atoms with E-state index in [-0.39, 0.29) is 22.4 Å². The summed E-state index contributed by atoms with van der Waals surface area (Å²) in [5, 5.41) is 36.0. The molecule has 0 atom stereocenters. The molecule has 0 N–H and O–H groups in total. The van der Waals surface area contributed by atoms with E-state index in [2.05, 4.69) is 16.8 Å². The van der Waals surface area contributed by atoms with Crippen LogP contribution in [-0.4, -0.2) is 38.1 Å². The number of aromatic nitrogens is 2. The van der Waals surface area contributed by atoms with Crippen LogP contribution in [0.3, 0.4) is 0 Å². The van der Waals surface area contributed by atoms with Crippen LogP contribution in [0.15, 0.2) is 42.5 Å². The Labute approximate surface area is 167 Å². The smallest absolute Gasteiger partial charge is 0.369 e. The molecule has 1 saturated heterocycles. The second kappa shape index (κ2) is 7.15. The Morgan fingerprint density at radius 1 is 1.00 bits per heavy atom. The second-order valence-electron chi connectivity index (χ2n) is 6.85. The number of benzene rings is 2. The van der Waals surface area contributed by atoms with Gasteiger partial charge in [-0.3, -0.25) is 0 Å². The quantitative estimate of drug-likeness (QED) is 0.489. The minimum absolute atomic E-state index is 0.0391. The van der Waals surface area contributed by atoms with E-state index >= 15 is 0 Å². The van der Waals surface area contributed by atoms with Crippen molar-refractivity contribution in [2.24, 2.45) is 0 Å². The molecule has 0 aliphatic carbocycles. The molecular formula is C20H18ClN5O2. The monoisotopic (exact) mass is 395 g/mol. The number of nitriles is 1. The van der Waals surface area contributed by atoms with E-state index in [0.717, 1.165) is 31.9 Å². The van der Waals surface area contributed by atoms with Crippen molar-refractivity contribution >= 4 is 28.3 Å². The Bertz CT molecular complexity index is 1090. The van der Waals surface area contributed by atoms with Crippen LogP contribution in [0.2, 0.25) is 5.02 Å². The van der Waals surface area contributed by atoms with Crippen LogP contribution < -0.4 is 14.4 Å². The number of piperazine rings is 1. The number of hydrogen-bond acceptors (Lipinski definition) is 5. The highest BCUT2D eigenvalue weighted by atomic mass is 35.5. The summed E-state index contributed by atoms with van der Waals surface area (Å²) < 4.78 is 1.15. The van der Waals surface area contributed by atoms with Crippen molar-refractivity contribution in [2.45, 2.75) is 0 Å². The molecule has 0 unspecified atom stereocenters. The zero-order valence-corrected chi connectivity index (χ0v) is 16.1. The highest BCUT2D eigenvalue weighted by molar-refractivity contribution is 6.34. The number of halogens is 1. The second-order valence-corrected chi connectivity index (χ2v) is 7.25. The third kappa shape index (κ3) is 2.97. The zero-order chi connectivity index (χ0) is 19.8. The summed E-state index contributed by atoms with van der Waals surface area (Å²) in [5.41, 5.74) is 1.28. The fourth-order valence-electron chi connectivity index (χ4n) is 3.54. The molecule has 1 aliphatic rings. The van der Waals surface area contributed by atoms with Crippen LogP contribution in [-0.2, 0) is 0 Å². The Hall–Kier alpha value is -3.08. The molecular weight excluding hydrogens is 378 g/mol. The Balaban J connectivity index is 1.96. The molecule has 28 heavy (non-hydrogen) atoms. The molecule has 142 valence electrons. The number of rotatable bonds is 2. The summed E-state index contributed by atoms with van der Waals surface area (Å²) in [6, 6.07) is 13.7. The van der Waals surface area contributed by atoms with E-state index in [1.165, 1.54) is 6.07 Å². The molecule has 4 rings (SSSR count). The molecule has 8 heteroatoms. The van der Waals surface area contributed by atoms with E-state index in [1.54, 1.807) is 30.3 Å². The predicted octanol–water partition coefficient (Wildman–Crippen LogP) is 2.05. The minimum Gasteiger partial charge on any atom is -0.617 e. The van der Waals surface area contributed by atoms with E-state index in [9.17, 15) is 15.7 Å². The van der Waals surface area contributed by atoms with Crippen LogP contribution in [0.25, 0.3) is 22.3 Å². The van der Waals surface area contributed by atoms with Crippen molar-refractivity contribution in [3.8, 4) is 17.3 Å². The molecule has 1 fully saturated rings. The topological polar surface area (TPSA) is 84.2 Å². The molecule has 0 amide bonds. The van der Waals surface area contributed by atoms with Crippen LogP contribution in [0.4, 0.5) is 5.69 Å². The Kier molecular flexibility index (Phi) is 4.67. The molecule has 7 nitrogen and oxygen atoms in total. The van der Waals surface area contributed by atoms with Gasteiger partial charge in [-0.25, -0.2) is 0 Å². The first-order chi connectivity index (χ1) is 13.5. The molecule has 0 radical (unpaired) electrons. The summed E-state index contributed by atoms with van der Waals surface area (Å²) in [6.07, 6.45) is 0. The molecule has 1 aromatic heterocycles. The van der Waals surface area contributed by atoms with E-state index < -0.39 is 0 Å². The van der Waals surface area contributed by atoms with Gasteiger partial charge in [0, 0.05) is 38.3 Å². The van der Waals surface area contributed by atoms with Gasteiger partial charge < -0.3 is 20.2 Å². The third-order valence-corrected chi connectivity index (χ3v) is 5.41. The highest BCUT2D eigenvalue weighted by Crippen LogP contribution is 2.31. The molecule has 0 bridgehead atoms. The van der Waals surface area contributed by atoms with Gasteiger partial charge in [-0.2, -0.15) is 9.99 Å². The van der Waals surface area contributed by atoms with Crippen LogP contribution in [0, 0.1) is 21.7 Å². The molecule has 0 spiro atoms. The number of anilines is 1. The van der Waals surface area contributed by atoms with Gasteiger partial charge in [0.15, 0.2) is 6.07 Å². The van der Waals surface area contributed by atoms with E-state index in [4.69, 9.17) is 11.6 Å². The average molecular weight is 396 g/mol. The van der Waals surface area contributed by atoms with E-state index in [0.29, 0.717) is 20.0 Å². The Morgan fingerprint density at radius 2 is 1.64 bits per heavy atom. The first-order valence-electron chi connectivity index (χ1n) is 8.92. The lowest BCUT2D eigenvalue weighted by Crippen LogP contribution is -2.45. The predicted molar refractivity (Wildman–Crippen MR) is 107 cm³/mol. The summed E-state index contributed by atoms with van der Waals surface area (Å²) in [5.74, 6) is 0. The third-order valence-electron chi connectivity index (χ3n) is 5.11. The fraction of sp³-hybridized carbons (Fsp3) is 0.250. The largest absolute Gasteiger partial charge is 0.617 e. The maximum Gasteiger partial charge on any atom is 0.369 e. The minimum atomic E-state index is -0.253. The van der Waals surface area contributed by atoms with Crippen LogP contribution in [0.5, 0.6) is 0 Å². The van der Waals surface area contributed by atoms with Gasteiger partial charge in [-0.05, 0) is 19.2 Å². The lowest BCUT2D eigenvalue weighted by Gasteiger charge is -2.34. The SMILES string of the molecule is CN1CCN(c2cc3c(cc2Cl)[n+]([O-])c(C#N)c(-c2ccccc2)[n+]3[O-])CC1. The Morgan fingerprint density at radius 3 is 2.29 bits per heavy atom. The first-order valence-corrected chi connectivity index (χ1v) is 9.30. The molecule has 2 aromatic carbocycles. The zero-order valence-electron chi connectivity index (χ0n) is 15.3. The lowest BCUT2D eigenvalue weighted by atomic mass is 10.1. The van der Waals surface area contributed by atoms with Gasteiger partial charge in [0.1, 0.15) is 0 Å². The summed E-state index contributed by atoms with van der Waals surface area (Å²) in [6.45, 7) is 3.32. The standard InChI is InChI=1S/C20H18ClN5O2/c1-23-7-9-24(10-8-23)16-12-18-17(11-15(16)21)25(27)19(13-22)20(26(18)28)14-5-3-2-4-6-14/h2-6,11-12H,7-10H2,1H3.